The number of carbonyl (C=O) groups is 1. The van der Waals surface area contributed by atoms with Gasteiger partial charge < -0.3 is 10.1 Å². The molecule has 5 heteroatoms. The number of hydrogen-bond acceptors (Lipinski definition) is 2. The molecule has 21 heavy (non-hydrogen) atoms. The number of amides is 1. The Hall–Kier alpha value is -2.43. The van der Waals surface area contributed by atoms with Crippen molar-refractivity contribution in [2.24, 2.45) is 0 Å². The summed E-state index contributed by atoms with van der Waals surface area (Å²) in [5, 5.41) is 2.71. The van der Waals surface area contributed by atoms with Gasteiger partial charge in [-0.3, -0.25) is 4.79 Å². The van der Waals surface area contributed by atoms with Gasteiger partial charge in [-0.15, -0.1) is 0 Å². The van der Waals surface area contributed by atoms with Crippen molar-refractivity contribution < 1.29 is 18.3 Å². The summed E-state index contributed by atoms with van der Waals surface area (Å²) in [6, 6.07) is 10.1. The van der Waals surface area contributed by atoms with Crippen LogP contribution >= 0.6 is 0 Å². The third kappa shape index (κ3) is 2.86. The van der Waals surface area contributed by atoms with Crippen LogP contribution in [0.5, 0.6) is 5.75 Å². The first kappa shape index (κ1) is 13.5. The maximum absolute atomic E-state index is 13.5. The molecule has 1 aliphatic heterocycles. The molecule has 0 fully saturated rings. The molecular weight excluding hydrogens is 276 g/mol. The first-order valence-corrected chi connectivity index (χ1v) is 6.61. The maximum atomic E-state index is 13.5. The van der Waals surface area contributed by atoms with E-state index in [9.17, 15) is 13.6 Å². The lowest BCUT2D eigenvalue weighted by molar-refractivity contribution is 0.0933. The average molecular weight is 289 g/mol. The minimum absolute atomic E-state index is 0.263. The molecule has 1 aliphatic rings. The standard InChI is InChI=1S/C16H13F2NO2/c17-12-6-4-10(5-7-12)16(20)19-9-13-8-11-2-1-3-14(18)15(11)21-13/h1-7,13H,8-9H2,(H,19,20). The summed E-state index contributed by atoms with van der Waals surface area (Å²) >= 11 is 0. The minimum atomic E-state index is -0.392. The van der Waals surface area contributed by atoms with Crippen molar-refractivity contribution in [3.63, 3.8) is 0 Å². The molecule has 1 N–H and O–H groups in total. The normalized spacial score (nSPS) is 16.2. The first-order valence-electron chi connectivity index (χ1n) is 6.61. The van der Waals surface area contributed by atoms with Crippen LogP contribution in [0.3, 0.4) is 0 Å². The SMILES string of the molecule is O=C(NCC1Cc2cccc(F)c2O1)c1ccc(F)cc1. The summed E-state index contributed by atoms with van der Waals surface area (Å²) < 4.78 is 31.8. The van der Waals surface area contributed by atoms with Crippen LogP contribution in [-0.4, -0.2) is 18.6 Å². The predicted molar refractivity (Wildman–Crippen MR) is 73.3 cm³/mol. The highest BCUT2D eigenvalue weighted by Crippen LogP contribution is 2.31. The van der Waals surface area contributed by atoms with E-state index in [1.54, 1.807) is 12.1 Å². The highest BCUT2D eigenvalue weighted by Gasteiger charge is 2.25. The van der Waals surface area contributed by atoms with E-state index in [-0.39, 0.29) is 30.1 Å². The van der Waals surface area contributed by atoms with Gasteiger partial charge in [0.25, 0.3) is 5.91 Å². The van der Waals surface area contributed by atoms with Gasteiger partial charge in [-0.1, -0.05) is 12.1 Å². The molecule has 0 aliphatic carbocycles. The van der Waals surface area contributed by atoms with Crippen LogP contribution in [0.25, 0.3) is 0 Å². The van der Waals surface area contributed by atoms with E-state index in [1.165, 1.54) is 30.3 Å². The zero-order chi connectivity index (χ0) is 14.8. The van der Waals surface area contributed by atoms with E-state index in [1.807, 2.05) is 0 Å². The average Bonchev–Trinajstić information content (AvgIpc) is 2.90. The minimum Gasteiger partial charge on any atom is -0.485 e. The van der Waals surface area contributed by atoms with Gasteiger partial charge in [0, 0.05) is 17.5 Å². The van der Waals surface area contributed by atoms with Crippen molar-refractivity contribution in [1.82, 2.24) is 5.32 Å². The Kier molecular flexibility index (Phi) is 3.56. The second-order valence-corrected chi connectivity index (χ2v) is 4.89. The topological polar surface area (TPSA) is 38.3 Å². The van der Waals surface area contributed by atoms with Gasteiger partial charge in [0.1, 0.15) is 11.9 Å². The largest absolute Gasteiger partial charge is 0.485 e. The Morgan fingerprint density at radius 1 is 1.19 bits per heavy atom. The number of carbonyl (C=O) groups excluding carboxylic acids is 1. The quantitative estimate of drug-likeness (QED) is 0.943. The van der Waals surface area contributed by atoms with Gasteiger partial charge in [0.2, 0.25) is 0 Å². The Labute approximate surface area is 120 Å². The van der Waals surface area contributed by atoms with E-state index in [0.717, 1.165) is 5.56 Å². The van der Waals surface area contributed by atoms with Crippen LogP contribution in [0.15, 0.2) is 42.5 Å². The molecule has 1 amide bonds. The van der Waals surface area contributed by atoms with Crippen molar-refractivity contribution in [3.8, 4) is 5.75 Å². The number of hydrogen-bond donors (Lipinski definition) is 1. The fourth-order valence-electron chi connectivity index (χ4n) is 2.32. The summed E-state index contributed by atoms with van der Waals surface area (Å²) in [5.74, 6) is -0.829. The third-order valence-electron chi connectivity index (χ3n) is 3.38. The van der Waals surface area contributed by atoms with E-state index < -0.39 is 5.82 Å². The molecule has 0 saturated heterocycles. The molecule has 108 valence electrons. The number of halogens is 2. The number of benzene rings is 2. The summed E-state index contributed by atoms with van der Waals surface area (Å²) in [7, 11) is 0. The van der Waals surface area contributed by atoms with Gasteiger partial charge in [-0.25, -0.2) is 8.78 Å². The molecular formula is C16H13F2NO2. The molecule has 3 nitrogen and oxygen atoms in total. The lowest BCUT2D eigenvalue weighted by atomic mass is 10.1. The molecule has 2 aromatic carbocycles. The van der Waals surface area contributed by atoms with Crippen LogP contribution in [0.4, 0.5) is 8.78 Å². The molecule has 0 radical (unpaired) electrons. The molecule has 3 rings (SSSR count). The Balaban J connectivity index is 1.59. The molecule has 1 atom stereocenters. The molecule has 1 unspecified atom stereocenters. The van der Waals surface area contributed by atoms with Crippen molar-refractivity contribution in [2.45, 2.75) is 12.5 Å². The first-order chi connectivity index (χ1) is 10.1. The Morgan fingerprint density at radius 2 is 1.95 bits per heavy atom. The number of fused-ring (bicyclic) bond motifs is 1. The lowest BCUT2D eigenvalue weighted by Gasteiger charge is -2.12. The summed E-state index contributed by atoms with van der Waals surface area (Å²) in [6.07, 6.45) is 0.262. The highest BCUT2D eigenvalue weighted by atomic mass is 19.1. The van der Waals surface area contributed by atoms with Crippen molar-refractivity contribution >= 4 is 5.91 Å². The summed E-state index contributed by atoms with van der Waals surface area (Å²) in [5.41, 5.74) is 1.18. The summed E-state index contributed by atoms with van der Waals surface area (Å²) in [6.45, 7) is 0.268. The van der Waals surface area contributed by atoms with Gasteiger partial charge >= 0.3 is 0 Å². The van der Waals surface area contributed by atoms with E-state index in [0.29, 0.717) is 12.0 Å². The Morgan fingerprint density at radius 3 is 2.67 bits per heavy atom. The fraction of sp³-hybridized carbons (Fsp3) is 0.188. The van der Waals surface area contributed by atoms with Crippen LogP contribution in [0.2, 0.25) is 0 Å². The van der Waals surface area contributed by atoms with Crippen LogP contribution < -0.4 is 10.1 Å². The zero-order valence-electron chi connectivity index (χ0n) is 11.1. The van der Waals surface area contributed by atoms with E-state index in [4.69, 9.17) is 4.74 Å². The smallest absolute Gasteiger partial charge is 0.251 e. The molecule has 0 aromatic heterocycles. The molecule has 0 saturated carbocycles. The van der Waals surface area contributed by atoms with E-state index >= 15 is 0 Å². The van der Waals surface area contributed by atoms with Gasteiger partial charge in [0.05, 0.1) is 6.54 Å². The van der Waals surface area contributed by atoms with Gasteiger partial charge in [0.15, 0.2) is 11.6 Å². The van der Waals surface area contributed by atoms with Crippen LogP contribution in [0.1, 0.15) is 15.9 Å². The number of para-hydroxylation sites is 1. The molecule has 0 spiro atoms. The second-order valence-electron chi connectivity index (χ2n) is 4.89. The van der Waals surface area contributed by atoms with Gasteiger partial charge in [-0.2, -0.15) is 0 Å². The zero-order valence-corrected chi connectivity index (χ0v) is 11.1. The van der Waals surface area contributed by atoms with Crippen LogP contribution in [-0.2, 0) is 6.42 Å². The monoisotopic (exact) mass is 289 g/mol. The van der Waals surface area contributed by atoms with Crippen LogP contribution in [0, 0.1) is 11.6 Å². The number of ether oxygens (including phenoxy) is 1. The van der Waals surface area contributed by atoms with Crippen molar-refractivity contribution in [1.29, 1.82) is 0 Å². The summed E-state index contributed by atoms with van der Waals surface area (Å²) in [4.78, 5) is 11.9. The lowest BCUT2D eigenvalue weighted by Crippen LogP contribution is -2.34. The predicted octanol–water partition coefficient (Wildman–Crippen LogP) is 2.70. The molecule has 1 heterocycles. The van der Waals surface area contributed by atoms with Crippen molar-refractivity contribution in [3.05, 3.63) is 65.2 Å². The molecule has 0 bridgehead atoms. The Bertz CT molecular complexity index is 670. The van der Waals surface area contributed by atoms with Gasteiger partial charge in [-0.05, 0) is 30.3 Å². The van der Waals surface area contributed by atoms with E-state index in [2.05, 4.69) is 5.32 Å². The second kappa shape index (κ2) is 5.52. The fourth-order valence-corrected chi connectivity index (χ4v) is 2.32. The maximum Gasteiger partial charge on any atom is 0.251 e. The number of nitrogens with one attached hydrogen (secondary N) is 1. The molecule has 2 aromatic rings. The third-order valence-corrected chi connectivity index (χ3v) is 3.38. The highest BCUT2D eigenvalue weighted by molar-refractivity contribution is 5.94. The van der Waals surface area contributed by atoms with Crippen molar-refractivity contribution in [2.75, 3.05) is 6.54 Å². The number of rotatable bonds is 3.